The fourth-order valence-electron chi connectivity index (χ4n) is 1.26. The van der Waals surface area contributed by atoms with E-state index in [2.05, 4.69) is 27.7 Å². The van der Waals surface area contributed by atoms with Gasteiger partial charge in [0.05, 0.1) is 0 Å². The summed E-state index contributed by atoms with van der Waals surface area (Å²) in [5.41, 5.74) is 0. The third kappa shape index (κ3) is 4.82. The summed E-state index contributed by atoms with van der Waals surface area (Å²) in [7, 11) is -2.20. The van der Waals surface area contributed by atoms with Gasteiger partial charge in [-0.15, -0.1) is 0 Å². The molecule has 13 heavy (non-hydrogen) atoms. The summed E-state index contributed by atoms with van der Waals surface area (Å²) in [5.74, 6) is 0. The van der Waals surface area contributed by atoms with Crippen LogP contribution in [0.2, 0.25) is 17.6 Å². The highest BCUT2D eigenvalue weighted by molar-refractivity contribution is 6.73. The van der Waals surface area contributed by atoms with Crippen LogP contribution in [0.25, 0.3) is 0 Å². The van der Waals surface area contributed by atoms with E-state index < -0.39 is 8.32 Å². The van der Waals surface area contributed by atoms with E-state index in [0.717, 1.165) is 12.5 Å². The zero-order chi connectivity index (χ0) is 10.5. The quantitative estimate of drug-likeness (QED) is 0.465. The van der Waals surface area contributed by atoms with Gasteiger partial charge in [-0.05, 0) is 17.6 Å². The summed E-state index contributed by atoms with van der Waals surface area (Å²) in [6.45, 7) is 10.5. The second-order valence-corrected chi connectivity index (χ2v) is 9.75. The molecule has 0 saturated carbocycles. The van der Waals surface area contributed by atoms with E-state index in [1.54, 1.807) is 0 Å². The molecule has 1 unspecified atom stereocenters. The second kappa shape index (κ2) is 5.16. The first kappa shape index (κ1) is 13.2. The van der Waals surface area contributed by atoms with Crippen molar-refractivity contribution < 1.29 is 4.80 Å². The van der Waals surface area contributed by atoms with E-state index in [4.69, 9.17) is 0 Å². The maximum Gasteiger partial charge on any atom is 0.239 e. The van der Waals surface area contributed by atoms with Gasteiger partial charge in [0.25, 0.3) is 0 Å². The molecule has 0 fully saturated rings. The Labute approximate surface area is 84.7 Å². The predicted octanol–water partition coefficient (Wildman–Crippen LogP) is 4.37. The molecule has 1 atom stereocenters. The van der Waals surface area contributed by atoms with Crippen LogP contribution >= 0.6 is 0 Å². The molecule has 0 aliphatic carbocycles. The van der Waals surface area contributed by atoms with Crippen molar-refractivity contribution in [2.75, 3.05) is 0 Å². The first-order chi connectivity index (χ1) is 5.81. The lowest BCUT2D eigenvalue weighted by Gasteiger charge is -2.32. The van der Waals surface area contributed by atoms with Gasteiger partial charge in [-0.25, -0.2) is 0 Å². The van der Waals surface area contributed by atoms with Crippen LogP contribution in [0.1, 0.15) is 53.4 Å². The Kier molecular flexibility index (Phi) is 5.23. The molecule has 0 aliphatic heterocycles. The SMILES string of the molecule is CCCCCC[Si](C)([O])C(C)(C)C. The van der Waals surface area contributed by atoms with Gasteiger partial charge < -0.3 is 0 Å². The number of rotatable bonds is 5. The average Bonchev–Trinajstić information content (AvgIpc) is 1.96. The largest absolute Gasteiger partial charge is 0.297 e. The van der Waals surface area contributed by atoms with Crippen molar-refractivity contribution >= 4 is 8.32 Å². The molecule has 0 aromatic heterocycles. The molecule has 0 spiro atoms. The van der Waals surface area contributed by atoms with Crippen molar-refractivity contribution in [1.29, 1.82) is 0 Å². The number of hydrogen-bond donors (Lipinski definition) is 0. The van der Waals surface area contributed by atoms with Gasteiger partial charge in [-0.2, -0.15) is 0 Å². The van der Waals surface area contributed by atoms with Crippen molar-refractivity contribution in [2.45, 2.75) is 71.0 Å². The van der Waals surface area contributed by atoms with Gasteiger partial charge >= 0.3 is 0 Å². The molecule has 0 aromatic carbocycles. The molecule has 0 amide bonds. The molecule has 1 nitrogen and oxygen atoms in total. The van der Waals surface area contributed by atoms with Crippen LogP contribution in [0, 0.1) is 0 Å². The summed E-state index contributed by atoms with van der Waals surface area (Å²) < 4.78 is 0. The van der Waals surface area contributed by atoms with Crippen molar-refractivity contribution in [2.24, 2.45) is 0 Å². The highest BCUT2D eigenvalue weighted by Gasteiger charge is 2.40. The van der Waals surface area contributed by atoms with E-state index >= 15 is 0 Å². The minimum Gasteiger partial charge on any atom is -0.297 e. The molecule has 0 heterocycles. The van der Waals surface area contributed by atoms with Crippen LogP contribution < -0.4 is 0 Å². The van der Waals surface area contributed by atoms with Crippen LogP contribution in [0.4, 0.5) is 0 Å². The highest BCUT2D eigenvalue weighted by Crippen LogP contribution is 2.38. The molecule has 0 N–H and O–H groups in total. The number of unbranched alkanes of at least 4 members (excludes halogenated alkanes) is 3. The van der Waals surface area contributed by atoms with Gasteiger partial charge in [0.2, 0.25) is 8.32 Å². The van der Waals surface area contributed by atoms with Crippen molar-refractivity contribution in [1.82, 2.24) is 0 Å². The molecule has 0 bridgehead atoms. The molecule has 0 aromatic rings. The van der Waals surface area contributed by atoms with E-state index in [1.165, 1.54) is 19.3 Å². The number of hydrogen-bond acceptors (Lipinski definition) is 0. The fourth-order valence-corrected chi connectivity index (χ4v) is 2.94. The van der Waals surface area contributed by atoms with Gasteiger partial charge in [0.1, 0.15) is 0 Å². The molecule has 0 rings (SSSR count). The molecule has 1 radical (unpaired) electrons. The van der Waals surface area contributed by atoms with Gasteiger partial charge in [-0.1, -0.05) is 53.4 Å². The summed E-state index contributed by atoms with van der Waals surface area (Å²) >= 11 is 0. The Morgan fingerprint density at radius 2 is 1.62 bits per heavy atom. The van der Waals surface area contributed by atoms with Crippen LogP contribution in [-0.4, -0.2) is 8.32 Å². The molecular weight excluding hydrogens is 176 g/mol. The Balaban J connectivity index is 3.77. The normalized spacial score (nSPS) is 17.1. The Bertz CT molecular complexity index is 136. The maximum absolute atomic E-state index is 12.2. The Hall–Kier alpha value is 0.177. The summed E-state index contributed by atoms with van der Waals surface area (Å²) in [5, 5.41) is 0.0270. The predicted molar refractivity (Wildman–Crippen MR) is 61.0 cm³/mol. The highest BCUT2D eigenvalue weighted by atomic mass is 28.4. The van der Waals surface area contributed by atoms with Crippen LogP contribution in [0.5, 0.6) is 0 Å². The van der Waals surface area contributed by atoms with E-state index in [1.807, 2.05) is 6.55 Å². The summed E-state index contributed by atoms with van der Waals surface area (Å²) in [6, 6.07) is 0.955. The average molecular weight is 201 g/mol. The Morgan fingerprint density at radius 1 is 1.08 bits per heavy atom. The Morgan fingerprint density at radius 3 is 2.00 bits per heavy atom. The first-order valence-electron chi connectivity index (χ1n) is 5.51. The monoisotopic (exact) mass is 201 g/mol. The second-order valence-electron chi connectivity index (χ2n) is 5.29. The topological polar surface area (TPSA) is 19.9 Å². The van der Waals surface area contributed by atoms with Crippen molar-refractivity contribution in [3.05, 3.63) is 0 Å². The van der Waals surface area contributed by atoms with E-state index in [-0.39, 0.29) is 5.04 Å². The molecule has 0 saturated heterocycles. The molecule has 2 heteroatoms. The minimum absolute atomic E-state index is 0.0270. The lowest BCUT2D eigenvalue weighted by atomic mass is 10.2. The zero-order valence-corrected chi connectivity index (χ0v) is 10.9. The van der Waals surface area contributed by atoms with Crippen molar-refractivity contribution in [3.8, 4) is 0 Å². The molecule has 79 valence electrons. The lowest BCUT2D eigenvalue weighted by Crippen LogP contribution is -2.39. The third-order valence-corrected chi connectivity index (χ3v) is 7.57. The van der Waals surface area contributed by atoms with Gasteiger partial charge in [0, 0.05) is 0 Å². The lowest BCUT2D eigenvalue weighted by molar-refractivity contribution is 0.377. The van der Waals surface area contributed by atoms with Crippen molar-refractivity contribution in [3.63, 3.8) is 0 Å². The van der Waals surface area contributed by atoms with E-state index in [9.17, 15) is 4.80 Å². The first-order valence-corrected chi connectivity index (χ1v) is 8.13. The zero-order valence-electron chi connectivity index (χ0n) is 9.94. The van der Waals surface area contributed by atoms with Gasteiger partial charge in [0.15, 0.2) is 0 Å². The van der Waals surface area contributed by atoms with E-state index in [0.29, 0.717) is 0 Å². The fraction of sp³-hybridized carbons (Fsp3) is 1.00. The molecule has 0 aliphatic rings. The van der Waals surface area contributed by atoms with Crippen LogP contribution in [0.3, 0.4) is 0 Å². The third-order valence-electron chi connectivity index (χ3n) is 3.09. The van der Waals surface area contributed by atoms with Crippen LogP contribution in [-0.2, 0) is 4.80 Å². The van der Waals surface area contributed by atoms with Gasteiger partial charge in [-0.3, -0.25) is 4.80 Å². The summed E-state index contributed by atoms with van der Waals surface area (Å²) in [4.78, 5) is 12.2. The molecular formula is C11H25OSi. The summed E-state index contributed by atoms with van der Waals surface area (Å²) in [6.07, 6.45) is 4.94. The minimum atomic E-state index is -2.20. The van der Waals surface area contributed by atoms with Crippen LogP contribution in [0.15, 0.2) is 0 Å². The standard InChI is InChI=1S/C11H25OSi/c1-6-7-8-9-10-13(5,12)11(2,3)4/h6-10H2,1-5H3. The smallest absolute Gasteiger partial charge is 0.239 e. The maximum atomic E-state index is 12.2.